The summed E-state index contributed by atoms with van der Waals surface area (Å²) in [6, 6.07) is 0. The van der Waals surface area contributed by atoms with Gasteiger partial charge in [-0.2, -0.15) is 0 Å². The van der Waals surface area contributed by atoms with E-state index in [4.69, 9.17) is 0 Å². The Kier molecular flexibility index (Phi) is 3.09. The molecule has 0 spiro atoms. The molecule has 1 N–H and O–H groups in total. The number of rotatable bonds is 3. The summed E-state index contributed by atoms with van der Waals surface area (Å²) >= 11 is 0. The summed E-state index contributed by atoms with van der Waals surface area (Å²) in [5.74, 6) is 1.35. The summed E-state index contributed by atoms with van der Waals surface area (Å²) in [4.78, 5) is 8.21. The highest BCUT2D eigenvalue weighted by Crippen LogP contribution is 2.18. The summed E-state index contributed by atoms with van der Waals surface area (Å²) < 4.78 is 22.5. The molecular weight excluding hydrogens is 226 g/mol. The molecular formula is C10H15N3O2S. The summed E-state index contributed by atoms with van der Waals surface area (Å²) in [6.45, 7) is 2.55. The molecule has 1 unspecified atom stereocenters. The van der Waals surface area contributed by atoms with Gasteiger partial charge < -0.3 is 5.32 Å². The highest BCUT2D eigenvalue weighted by molar-refractivity contribution is 7.91. The van der Waals surface area contributed by atoms with Crippen molar-refractivity contribution in [2.24, 2.45) is 5.92 Å². The van der Waals surface area contributed by atoms with Crippen LogP contribution in [0, 0.1) is 12.8 Å². The predicted molar refractivity (Wildman–Crippen MR) is 62.0 cm³/mol. The van der Waals surface area contributed by atoms with Crippen molar-refractivity contribution in [2.45, 2.75) is 13.3 Å². The Bertz CT molecular complexity index is 455. The van der Waals surface area contributed by atoms with Crippen molar-refractivity contribution in [1.82, 2.24) is 9.97 Å². The third-order valence-electron chi connectivity index (χ3n) is 2.66. The van der Waals surface area contributed by atoms with E-state index in [1.165, 1.54) is 0 Å². The van der Waals surface area contributed by atoms with Crippen LogP contribution in [0.3, 0.4) is 0 Å². The maximum Gasteiger partial charge on any atom is 0.222 e. The summed E-state index contributed by atoms with van der Waals surface area (Å²) in [7, 11) is -2.79. The second kappa shape index (κ2) is 4.37. The van der Waals surface area contributed by atoms with Crippen molar-refractivity contribution >= 4 is 15.8 Å². The topological polar surface area (TPSA) is 72.0 Å². The SMILES string of the molecule is Cc1cnc(NCC2CCS(=O)(=O)C2)nc1. The highest BCUT2D eigenvalue weighted by atomic mass is 32.2. The van der Waals surface area contributed by atoms with Crippen LogP contribution < -0.4 is 5.32 Å². The van der Waals surface area contributed by atoms with Gasteiger partial charge in [-0.05, 0) is 24.8 Å². The van der Waals surface area contributed by atoms with Crippen LogP contribution in [0.5, 0.6) is 0 Å². The van der Waals surface area contributed by atoms with Crippen molar-refractivity contribution in [3.8, 4) is 0 Å². The van der Waals surface area contributed by atoms with Crippen molar-refractivity contribution < 1.29 is 8.42 Å². The van der Waals surface area contributed by atoms with Crippen molar-refractivity contribution in [3.63, 3.8) is 0 Å². The van der Waals surface area contributed by atoms with Crippen LogP contribution in [0.2, 0.25) is 0 Å². The minimum atomic E-state index is -2.79. The maximum absolute atomic E-state index is 11.2. The Labute approximate surface area is 95.2 Å². The van der Waals surface area contributed by atoms with Gasteiger partial charge in [0.15, 0.2) is 9.84 Å². The Balaban J connectivity index is 1.87. The molecule has 1 saturated heterocycles. The lowest BCUT2D eigenvalue weighted by atomic mass is 10.1. The molecule has 16 heavy (non-hydrogen) atoms. The average Bonchev–Trinajstić information content (AvgIpc) is 2.58. The van der Waals surface area contributed by atoms with Gasteiger partial charge in [0.05, 0.1) is 11.5 Å². The van der Waals surface area contributed by atoms with E-state index in [9.17, 15) is 8.42 Å². The lowest BCUT2D eigenvalue weighted by molar-refractivity contribution is 0.595. The molecule has 1 fully saturated rings. The summed E-state index contributed by atoms with van der Waals surface area (Å²) in [5, 5.41) is 3.06. The van der Waals surface area contributed by atoms with Gasteiger partial charge in [-0.1, -0.05) is 0 Å². The molecule has 1 aliphatic heterocycles. The summed E-state index contributed by atoms with van der Waals surface area (Å²) in [5.41, 5.74) is 1.01. The van der Waals surface area contributed by atoms with E-state index < -0.39 is 9.84 Å². The molecule has 0 aromatic carbocycles. The molecule has 0 amide bonds. The van der Waals surface area contributed by atoms with E-state index in [0.717, 1.165) is 12.0 Å². The first-order valence-corrected chi connectivity index (χ1v) is 7.10. The minimum Gasteiger partial charge on any atom is -0.354 e. The molecule has 88 valence electrons. The van der Waals surface area contributed by atoms with Crippen LogP contribution >= 0.6 is 0 Å². The van der Waals surface area contributed by atoms with Gasteiger partial charge in [-0.3, -0.25) is 0 Å². The van der Waals surface area contributed by atoms with Gasteiger partial charge in [0.1, 0.15) is 0 Å². The monoisotopic (exact) mass is 241 g/mol. The first kappa shape index (κ1) is 11.3. The van der Waals surface area contributed by atoms with Crippen LogP contribution in [0.15, 0.2) is 12.4 Å². The number of aromatic nitrogens is 2. The van der Waals surface area contributed by atoms with Gasteiger partial charge in [0.25, 0.3) is 0 Å². The van der Waals surface area contributed by atoms with E-state index in [-0.39, 0.29) is 11.7 Å². The Morgan fingerprint density at radius 1 is 1.44 bits per heavy atom. The highest BCUT2D eigenvalue weighted by Gasteiger charge is 2.27. The van der Waals surface area contributed by atoms with E-state index in [0.29, 0.717) is 18.2 Å². The number of aryl methyl sites for hydroxylation is 1. The Morgan fingerprint density at radius 3 is 2.69 bits per heavy atom. The van der Waals surface area contributed by atoms with Gasteiger partial charge in [0.2, 0.25) is 5.95 Å². The molecule has 0 bridgehead atoms. The quantitative estimate of drug-likeness (QED) is 0.840. The van der Waals surface area contributed by atoms with E-state index in [1.807, 2.05) is 6.92 Å². The molecule has 2 heterocycles. The number of nitrogens with one attached hydrogen (secondary N) is 1. The van der Waals surface area contributed by atoms with Crippen LogP contribution in [0.25, 0.3) is 0 Å². The fourth-order valence-electron chi connectivity index (χ4n) is 1.75. The standard InChI is InChI=1S/C10H15N3O2S/c1-8-4-11-10(12-5-8)13-6-9-2-3-16(14,15)7-9/h4-5,9H,2-3,6-7H2,1H3,(H,11,12,13). The Hall–Kier alpha value is -1.17. The molecule has 1 aromatic rings. The van der Waals surface area contributed by atoms with Crippen molar-refractivity contribution in [2.75, 3.05) is 23.4 Å². The second-order valence-electron chi connectivity index (χ2n) is 4.23. The fourth-order valence-corrected chi connectivity index (χ4v) is 3.61. The normalized spacial score (nSPS) is 23.2. The molecule has 1 atom stereocenters. The largest absolute Gasteiger partial charge is 0.354 e. The zero-order valence-corrected chi connectivity index (χ0v) is 10.00. The second-order valence-corrected chi connectivity index (χ2v) is 6.46. The number of hydrogen-bond donors (Lipinski definition) is 1. The zero-order valence-electron chi connectivity index (χ0n) is 9.18. The van der Waals surface area contributed by atoms with Crippen molar-refractivity contribution in [1.29, 1.82) is 0 Å². The molecule has 5 nitrogen and oxygen atoms in total. The third-order valence-corrected chi connectivity index (χ3v) is 4.49. The van der Waals surface area contributed by atoms with Crippen LogP contribution in [0.4, 0.5) is 5.95 Å². The average molecular weight is 241 g/mol. The lowest BCUT2D eigenvalue weighted by Crippen LogP contribution is -2.16. The first-order valence-electron chi connectivity index (χ1n) is 5.28. The maximum atomic E-state index is 11.2. The van der Waals surface area contributed by atoms with Crippen LogP contribution in [-0.2, 0) is 9.84 Å². The molecule has 6 heteroatoms. The van der Waals surface area contributed by atoms with Crippen LogP contribution in [-0.4, -0.2) is 36.4 Å². The van der Waals surface area contributed by atoms with Gasteiger partial charge in [-0.25, -0.2) is 18.4 Å². The van der Waals surface area contributed by atoms with Gasteiger partial charge >= 0.3 is 0 Å². The molecule has 1 aliphatic rings. The molecule has 0 radical (unpaired) electrons. The number of nitrogens with zero attached hydrogens (tertiary/aromatic N) is 2. The first-order chi connectivity index (χ1) is 7.55. The molecule has 1 aromatic heterocycles. The minimum absolute atomic E-state index is 0.190. The smallest absolute Gasteiger partial charge is 0.222 e. The number of anilines is 1. The lowest BCUT2D eigenvalue weighted by Gasteiger charge is -2.08. The number of hydrogen-bond acceptors (Lipinski definition) is 5. The van der Waals surface area contributed by atoms with Gasteiger partial charge in [0, 0.05) is 18.9 Å². The van der Waals surface area contributed by atoms with Crippen LogP contribution in [0.1, 0.15) is 12.0 Å². The number of sulfone groups is 1. The van der Waals surface area contributed by atoms with E-state index in [1.54, 1.807) is 12.4 Å². The summed E-state index contributed by atoms with van der Waals surface area (Å²) in [6.07, 6.45) is 4.21. The van der Waals surface area contributed by atoms with E-state index >= 15 is 0 Å². The zero-order chi connectivity index (χ0) is 11.6. The van der Waals surface area contributed by atoms with Gasteiger partial charge in [-0.15, -0.1) is 0 Å². The molecule has 2 rings (SSSR count). The third kappa shape index (κ3) is 2.91. The predicted octanol–water partition coefficient (Wildman–Crippen LogP) is 0.632. The van der Waals surface area contributed by atoms with Crippen molar-refractivity contribution in [3.05, 3.63) is 18.0 Å². The van der Waals surface area contributed by atoms with E-state index in [2.05, 4.69) is 15.3 Å². The molecule has 0 saturated carbocycles. The Morgan fingerprint density at radius 2 is 2.12 bits per heavy atom. The fraction of sp³-hybridized carbons (Fsp3) is 0.600. The molecule has 0 aliphatic carbocycles.